The number of nitrogens with zero attached hydrogens (tertiary/aromatic N) is 2. The highest BCUT2D eigenvalue weighted by molar-refractivity contribution is 5.85. The normalized spacial score (nSPS) is 24.4. The first-order chi connectivity index (χ1) is 16.4. The highest BCUT2D eigenvalue weighted by Crippen LogP contribution is 2.48. The predicted octanol–water partition coefficient (Wildman–Crippen LogP) is 4.48. The quantitative estimate of drug-likeness (QED) is 0.508. The number of benzene rings is 1. The number of anilines is 1. The Morgan fingerprint density at radius 2 is 1.94 bits per heavy atom. The molecule has 5 rings (SSSR count). The predicted molar refractivity (Wildman–Crippen MR) is 123 cm³/mol. The number of pyridine rings is 1. The summed E-state index contributed by atoms with van der Waals surface area (Å²) in [5, 5.41) is 0. The molecule has 8 heteroatoms. The molecule has 3 fully saturated rings. The van der Waals surface area contributed by atoms with E-state index < -0.39 is 11.8 Å². The molecule has 6 nitrogen and oxygen atoms in total. The molecule has 3 atom stereocenters. The molecule has 0 bridgehead atoms. The molecule has 2 saturated heterocycles. The Labute approximate surface area is 198 Å². The number of carbonyl (C=O) groups excluding carboxylic acids is 1. The van der Waals surface area contributed by atoms with E-state index in [9.17, 15) is 13.6 Å². The van der Waals surface area contributed by atoms with Gasteiger partial charge in [-0.2, -0.15) is 0 Å². The summed E-state index contributed by atoms with van der Waals surface area (Å²) >= 11 is 0. The number of halogens is 2. The van der Waals surface area contributed by atoms with Gasteiger partial charge in [0, 0.05) is 37.6 Å². The lowest BCUT2D eigenvalue weighted by molar-refractivity contribution is -0.125. The van der Waals surface area contributed by atoms with E-state index in [-0.39, 0.29) is 30.8 Å². The maximum Gasteiger partial charge on any atom is 0.255 e. The number of aromatic nitrogens is 1. The number of carbonyl (C=O) groups is 1. The summed E-state index contributed by atoms with van der Waals surface area (Å²) in [6.07, 6.45) is 2.98. The lowest BCUT2D eigenvalue weighted by Crippen LogP contribution is -2.30. The Morgan fingerprint density at radius 1 is 1.21 bits per heavy atom. The van der Waals surface area contributed by atoms with Crippen molar-refractivity contribution >= 4 is 11.6 Å². The maximum atomic E-state index is 13.0. The maximum absolute atomic E-state index is 13.0. The van der Waals surface area contributed by atoms with Gasteiger partial charge >= 0.3 is 0 Å². The molecule has 1 aliphatic carbocycles. The number of ether oxygens (including phenoxy) is 3. The molecule has 0 spiro atoms. The number of alkyl halides is 2. The van der Waals surface area contributed by atoms with Crippen LogP contribution in [-0.2, 0) is 9.53 Å². The fraction of sp³-hybridized carbons (Fsp3) is 0.538. The molecule has 2 aromatic rings. The van der Waals surface area contributed by atoms with Crippen molar-refractivity contribution in [3.63, 3.8) is 0 Å². The third-order valence-electron chi connectivity index (χ3n) is 6.96. The first kappa shape index (κ1) is 23.0. The summed E-state index contributed by atoms with van der Waals surface area (Å²) in [7, 11) is 0. The average Bonchev–Trinajstić information content (AvgIpc) is 3.18. The van der Waals surface area contributed by atoms with Gasteiger partial charge in [-0.05, 0) is 29.8 Å². The second kappa shape index (κ2) is 9.49. The van der Waals surface area contributed by atoms with Crippen LogP contribution >= 0.6 is 0 Å². The van der Waals surface area contributed by atoms with Gasteiger partial charge in [-0.15, -0.1) is 0 Å². The minimum absolute atomic E-state index is 0.0227. The van der Waals surface area contributed by atoms with Gasteiger partial charge in [0.05, 0.1) is 38.5 Å². The molecule has 1 saturated carbocycles. The lowest BCUT2D eigenvalue weighted by atomic mass is 9.90. The van der Waals surface area contributed by atoms with E-state index in [1.54, 1.807) is 12.3 Å². The van der Waals surface area contributed by atoms with Crippen molar-refractivity contribution in [1.82, 2.24) is 4.98 Å². The van der Waals surface area contributed by atoms with Crippen molar-refractivity contribution in [1.29, 1.82) is 0 Å². The Morgan fingerprint density at radius 3 is 2.56 bits per heavy atom. The van der Waals surface area contributed by atoms with Crippen LogP contribution in [0.15, 0.2) is 42.6 Å². The molecule has 34 heavy (non-hydrogen) atoms. The second-order valence-corrected chi connectivity index (χ2v) is 9.66. The van der Waals surface area contributed by atoms with E-state index >= 15 is 0 Å². The summed E-state index contributed by atoms with van der Waals surface area (Å²) in [5.74, 6) is -0.642. The zero-order valence-electron chi connectivity index (χ0n) is 19.3. The van der Waals surface area contributed by atoms with E-state index in [0.29, 0.717) is 37.8 Å². The lowest BCUT2D eigenvalue weighted by Gasteiger charge is -2.26. The first-order valence-electron chi connectivity index (χ1n) is 12.0. The molecule has 3 aliphatic rings. The smallest absolute Gasteiger partial charge is 0.255 e. The standard InChI is InChI=1S/C26H30F2N2O4/c1-17(24(31)10-18-14-32-15-18)19-2-4-21(5-3-19)34-23-8-9-30(13-23)25-7-6-22(12-29-25)33-16-20-11-26(20,27)28/h2-7,12,17-18,20,23H,8-11,13-16H2,1H3/t17?,20?,23-/m1/s1. The summed E-state index contributed by atoms with van der Waals surface area (Å²) in [5.41, 5.74) is 1.00. The number of hydrogen-bond donors (Lipinski definition) is 0. The Balaban J connectivity index is 1.09. The third-order valence-corrected chi connectivity index (χ3v) is 6.96. The Kier molecular flexibility index (Phi) is 6.42. The van der Waals surface area contributed by atoms with Gasteiger partial charge in [0.25, 0.3) is 5.92 Å². The Bertz CT molecular complexity index is 995. The molecule has 2 aliphatic heterocycles. The van der Waals surface area contributed by atoms with Gasteiger partial charge < -0.3 is 19.1 Å². The van der Waals surface area contributed by atoms with E-state index in [1.165, 1.54) is 0 Å². The summed E-state index contributed by atoms with van der Waals surface area (Å²) in [4.78, 5) is 19.0. The summed E-state index contributed by atoms with van der Waals surface area (Å²) < 4.78 is 42.7. The van der Waals surface area contributed by atoms with Crippen LogP contribution in [-0.4, -0.2) is 55.7 Å². The molecule has 1 aromatic heterocycles. The topological polar surface area (TPSA) is 60.9 Å². The van der Waals surface area contributed by atoms with Crippen LogP contribution in [0.1, 0.15) is 37.7 Å². The number of hydrogen-bond acceptors (Lipinski definition) is 6. The van der Waals surface area contributed by atoms with Crippen LogP contribution in [0, 0.1) is 11.8 Å². The summed E-state index contributed by atoms with van der Waals surface area (Å²) in [6.45, 7) is 4.90. The fourth-order valence-corrected chi connectivity index (χ4v) is 4.40. The molecule has 3 heterocycles. The van der Waals surface area contributed by atoms with Gasteiger partial charge in [0.1, 0.15) is 29.2 Å². The van der Waals surface area contributed by atoms with Crippen molar-refractivity contribution in [2.75, 3.05) is 37.8 Å². The number of rotatable bonds is 10. The van der Waals surface area contributed by atoms with Crippen molar-refractivity contribution in [2.45, 2.75) is 44.1 Å². The van der Waals surface area contributed by atoms with Gasteiger partial charge in [-0.3, -0.25) is 4.79 Å². The highest BCUT2D eigenvalue weighted by atomic mass is 19.3. The van der Waals surface area contributed by atoms with E-state index in [2.05, 4.69) is 9.88 Å². The van der Waals surface area contributed by atoms with E-state index in [4.69, 9.17) is 14.2 Å². The minimum atomic E-state index is -2.57. The van der Waals surface area contributed by atoms with Crippen molar-refractivity contribution < 1.29 is 27.8 Å². The molecule has 0 radical (unpaired) electrons. The monoisotopic (exact) mass is 472 g/mol. The molecule has 1 aromatic carbocycles. The SMILES string of the molecule is CC(C(=O)CC1COC1)c1ccc(O[C@@H]2CCN(c3ccc(OCC4CC4(F)F)cn3)C2)cc1. The van der Waals surface area contributed by atoms with Crippen LogP contribution in [0.4, 0.5) is 14.6 Å². The largest absolute Gasteiger partial charge is 0.491 e. The summed E-state index contributed by atoms with van der Waals surface area (Å²) in [6, 6.07) is 11.4. The van der Waals surface area contributed by atoms with Crippen LogP contribution in [0.25, 0.3) is 0 Å². The molecule has 2 unspecified atom stereocenters. The Hall–Kier alpha value is -2.74. The van der Waals surface area contributed by atoms with Crippen LogP contribution in [0.5, 0.6) is 11.5 Å². The van der Waals surface area contributed by atoms with Crippen LogP contribution < -0.4 is 14.4 Å². The molecular formula is C26H30F2N2O4. The van der Waals surface area contributed by atoms with Crippen molar-refractivity contribution in [2.24, 2.45) is 11.8 Å². The number of ketones is 1. The van der Waals surface area contributed by atoms with E-state index in [0.717, 1.165) is 30.1 Å². The molecule has 0 amide bonds. The van der Waals surface area contributed by atoms with Gasteiger partial charge in [0.15, 0.2) is 0 Å². The number of Topliss-reactive ketones (excluding diaryl/α,β-unsaturated/α-hetero) is 1. The second-order valence-electron chi connectivity index (χ2n) is 9.66. The van der Waals surface area contributed by atoms with Gasteiger partial charge in [-0.1, -0.05) is 19.1 Å². The highest BCUT2D eigenvalue weighted by Gasteiger charge is 2.57. The molecule has 182 valence electrons. The molecule has 0 N–H and O–H groups in total. The van der Waals surface area contributed by atoms with Gasteiger partial charge in [-0.25, -0.2) is 13.8 Å². The van der Waals surface area contributed by atoms with Crippen molar-refractivity contribution in [3.8, 4) is 11.5 Å². The first-order valence-corrected chi connectivity index (χ1v) is 12.0. The zero-order valence-corrected chi connectivity index (χ0v) is 19.3. The van der Waals surface area contributed by atoms with Crippen LogP contribution in [0.3, 0.4) is 0 Å². The van der Waals surface area contributed by atoms with E-state index in [1.807, 2.05) is 37.3 Å². The minimum Gasteiger partial charge on any atom is -0.491 e. The zero-order chi connectivity index (χ0) is 23.7. The van der Waals surface area contributed by atoms with Crippen molar-refractivity contribution in [3.05, 3.63) is 48.2 Å². The van der Waals surface area contributed by atoms with Crippen LogP contribution in [0.2, 0.25) is 0 Å². The fourth-order valence-electron chi connectivity index (χ4n) is 4.40. The molecular weight excluding hydrogens is 442 g/mol. The average molecular weight is 473 g/mol. The van der Waals surface area contributed by atoms with Gasteiger partial charge in [0.2, 0.25) is 0 Å². The third kappa shape index (κ3) is 5.32.